The van der Waals surface area contributed by atoms with E-state index < -0.39 is 0 Å². The van der Waals surface area contributed by atoms with E-state index in [1.54, 1.807) is 11.3 Å². The zero-order valence-corrected chi connectivity index (χ0v) is 18.0. The van der Waals surface area contributed by atoms with Crippen molar-refractivity contribution >= 4 is 23.2 Å². The van der Waals surface area contributed by atoms with Crippen LogP contribution in [0.4, 0.5) is 10.6 Å². The Morgan fingerprint density at radius 1 is 1.24 bits per heavy atom. The number of thiophene rings is 1. The van der Waals surface area contributed by atoms with Gasteiger partial charge in [0.2, 0.25) is 0 Å². The van der Waals surface area contributed by atoms with Crippen molar-refractivity contribution in [2.75, 3.05) is 38.1 Å². The van der Waals surface area contributed by atoms with Gasteiger partial charge >= 0.3 is 6.03 Å². The van der Waals surface area contributed by atoms with Gasteiger partial charge in [0.25, 0.3) is 0 Å². The molecule has 6 nitrogen and oxygen atoms in total. The molecule has 1 saturated heterocycles. The van der Waals surface area contributed by atoms with Gasteiger partial charge in [0.05, 0.1) is 6.04 Å². The minimum atomic E-state index is -0.0896. The summed E-state index contributed by atoms with van der Waals surface area (Å²) in [5.74, 6) is 1.55. The first-order chi connectivity index (χ1) is 14.2. The normalized spacial score (nSPS) is 19.3. The summed E-state index contributed by atoms with van der Waals surface area (Å²) in [4.78, 5) is 23.1. The van der Waals surface area contributed by atoms with Crippen LogP contribution in [0.1, 0.15) is 42.2 Å². The van der Waals surface area contributed by atoms with Gasteiger partial charge in [-0.2, -0.15) is 0 Å². The van der Waals surface area contributed by atoms with Crippen LogP contribution in [-0.4, -0.2) is 49.1 Å². The number of urea groups is 1. The van der Waals surface area contributed by atoms with Crippen molar-refractivity contribution in [3.63, 3.8) is 0 Å². The van der Waals surface area contributed by atoms with Crippen LogP contribution in [0.2, 0.25) is 0 Å². The molecule has 1 aliphatic heterocycles. The van der Waals surface area contributed by atoms with Gasteiger partial charge in [-0.3, -0.25) is 0 Å². The van der Waals surface area contributed by atoms with E-state index in [9.17, 15) is 4.79 Å². The van der Waals surface area contributed by atoms with Crippen molar-refractivity contribution in [1.29, 1.82) is 0 Å². The molecule has 1 aliphatic carbocycles. The number of rotatable bonds is 6. The van der Waals surface area contributed by atoms with E-state index >= 15 is 0 Å². The molecule has 0 bridgehead atoms. The number of piperazine rings is 1. The first kappa shape index (κ1) is 20.2. The molecule has 2 N–H and O–H groups in total. The van der Waals surface area contributed by atoms with E-state index in [0.717, 1.165) is 37.6 Å². The molecule has 2 aromatic heterocycles. The summed E-state index contributed by atoms with van der Waals surface area (Å²) in [6.45, 7) is 4.60. The van der Waals surface area contributed by atoms with Crippen LogP contribution in [0.25, 0.3) is 0 Å². The average molecular weight is 414 g/mol. The van der Waals surface area contributed by atoms with Crippen molar-refractivity contribution in [2.24, 2.45) is 5.92 Å². The number of nitrogens with zero attached hydrogens (tertiary/aromatic N) is 3. The number of carbonyl (C=O) groups is 1. The van der Waals surface area contributed by atoms with E-state index in [2.05, 4.69) is 56.0 Å². The zero-order chi connectivity index (χ0) is 20.1. The number of hydrogen-bond acceptors (Lipinski definition) is 5. The molecule has 7 heteroatoms. The fourth-order valence-electron chi connectivity index (χ4n) is 4.33. The van der Waals surface area contributed by atoms with Gasteiger partial charge in [0.1, 0.15) is 5.82 Å². The maximum atomic E-state index is 12.7. The van der Waals surface area contributed by atoms with Crippen molar-refractivity contribution in [1.82, 2.24) is 20.5 Å². The highest BCUT2D eigenvalue weighted by Crippen LogP contribution is 2.37. The van der Waals surface area contributed by atoms with Crippen LogP contribution in [0, 0.1) is 5.92 Å². The fourth-order valence-corrected chi connectivity index (χ4v) is 5.20. The zero-order valence-electron chi connectivity index (χ0n) is 17.1. The Labute approximate surface area is 177 Å². The predicted octanol–water partition coefficient (Wildman–Crippen LogP) is 3.63. The quantitative estimate of drug-likeness (QED) is 0.759. The smallest absolute Gasteiger partial charge is 0.315 e. The van der Waals surface area contributed by atoms with Gasteiger partial charge < -0.3 is 20.4 Å². The lowest BCUT2D eigenvalue weighted by Crippen LogP contribution is -2.44. The standard InChI is InChI=1S/C22H31N5OS/c1-26-10-12-27(13-11-26)20-15-17(8-9-23-20)16-24-22(28)25-21(18-5-2-3-6-18)19-7-4-14-29-19/h4,7-9,14-15,18,21H,2-3,5-6,10-13,16H2,1H3,(H2,24,25,28). The van der Waals surface area contributed by atoms with E-state index in [1.165, 1.54) is 30.6 Å². The SMILES string of the molecule is CN1CCN(c2cc(CNC(=O)NC(c3cccs3)C3CCCC3)ccn2)CC1. The molecular weight excluding hydrogens is 382 g/mol. The Kier molecular flexibility index (Phi) is 6.67. The number of amides is 2. The lowest BCUT2D eigenvalue weighted by atomic mass is 9.97. The average Bonchev–Trinajstić information content (AvgIpc) is 3.46. The Morgan fingerprint density at radius 2 is 2.03 bits per heavy atom. The Morgan fingerprint density at radius 3 is 2.76 bits per heavy atom. The van der Waals surface area contributed by atoms with Crippen molar-refractivity contribution < 1.29 is 4.79 Å². The van der Waals surface area contributed by atoms with Gasteiger partial charge in [-0.05, 0) is 54.9 Å². The molecule has 1 saturated carbocycles. The molecule has 4 rings (SSSR count). The van der Waals surface area contributed by atoms with Gasteiger partial charge in [0.15, 0.2) is 0 Å². The van der Waals surface area contributed by atoms with E-state index in [0.29, 0.717) is 12.5 Å². The third kappa shape index (κ3) is 5.28. The number of pyridine rings is 1. The van der Waals surface area contributed by atoms with Crippen LogP contribution in [0.15, 0.2) is 35.8 Å². The molecule has 0 aromatic carbocycles. The number of carbonyl (C=O) groups excluding carboxylic acids is 1. The largest absolute Gasteiger partial charge is 0.354 e. The topological polar surface area (TPSA) is 60.5 Å². The Balaban J connectivity index is 1.33. The molecule has 2 fully saturated rings. The van der Waals surface area contributed by atoms with Gasteiger partial charge in [-0.1, -0.05) is 18.9 Å². The van der Waals surface area contributed by atoms with E-state index in [4.69, 9.17) is 0 Å². The number of anilines is 1. The van der Waals surface area contributed by atoms with Crippen molar-refractivity contribution in [3.8, 4) is 0 Å². The molecule has 2 amide bonds. The monoisotopic (exact) mass is 413 g/mol. The van der Waals surface area contributed by atoms with Crippen LogP contribution < -0.4 is 15.5 Å². The molecule has 2 aromatic rings. The van der Waals surface area contributed by atoms with Crippen LogP contribution in [-0.2, 0) is 6.54 Å². The highest BCUT2D eigenvalue weighted by molar-refractivity contribution is 7.10. The highest BCUT2D eigenvalue weighted by Gasteiger charge is 2.28. The number of aromatic nitrogens is 1. The van der Waals surface area contributed by atoms with Crippen LogP contribution in [0.5, 0.6) is 0 Å². The highest BCUT2D eigenvalue weighted by atomic mass is 32.1. The summed E-state index contributed by atoms with van der Waals surface area (Å²) in [6, 6.07) is 8.31. The summed E-state index contributed by atoms with van der Waals surface area (Å²) < 4.78 is 0. The minimum absolute atomic E-state index is 0.0896. The Hall–Kier alpha value is -2.12. The van der Waals surface area contributed by atoms with E-state index in [-0.39, 0.29) is 12.1 Å². The molecule has 2 aliphatic rings. The first-order valence-electron chi connectivity index (χ1n) is 10.7. The van der Waals surface area contributed by atoms with E-state index in [1.807, 2.05) is 12.3 Å². The van der Waals surface area contributed by atoms with Crippen molar-refractivity contribution in [2.45, 2.75) is 38.3 Å². The maximum absolute atomic E-state index is 12.7. The lowest BCUT2D eigenvalue weighted by molar-refractivity contribution is 0.231. The van der Waals surface area contributed by atoms with Gasteiger partial charge in [-0.25, -0.2) is 9.78 Å². The molecule has 0 spiro atoms. The summed E-state index contributed by atoms with van der Waals surface area (Å²) >= 11 is 1.73. The second kappa shape index (κ2) is 9.59. The molecule has 156 valence electrons. The van der Waals surface area contributed by atoms with Crippen LogP contribution in [0.3, 0.4) is 0 Å². The number of nitrogens with one attached hydrogen (secondary N) is 2. The predicted molar refractivity (Wildman–Crippen MR) is 118 cm³/mol. The summed E-state index contributed by atoms with van der Waals surface area (Å²) in [5, 5.41) is 8.39. The Bertz CT molecular complexity index is 782. The lowest BCUT2D eigenvalue weighted by Gasteiger charge is -2.33. The summed E-state index contributed by atoms with van der Waals surface area (Å²) in [6.07, 6.45) is 6.77. The summed E-state index contributed by atoms with van der Waals surface area (Å²) in [7, 11) is 2.15. The molecule has 1 atom stereocenters. The number of hydrogen-bond donors (Lipinski definition) is 2. The first-order valence-corrected chi connectivity index (χ1v) is 11.5. The molecule has 1 unspecified atom stereocenters. The van der Waals surface area contributed by atoms with Gasteiger partial charge in [0, 0.05) is 43.8 Å². The van der Waals surface area contributed by atoms with Gasteiger partial charge in [-0.15, -0.1) is 11.3 Å². The second-order valence-electron chi connectivity index (χ2n) is 8.18. The maximum Gasteiger partial charge on any atom is 0.315 e. The molecule has 29 heavy (non-hydrogen) atoms. The molecular formula is C22H31N5OS. The minimum Gasteiger partial charge on any atom is -0.354 e. The molecule has 0 radical (unpaired) electrons. The number of likely N-dealkylation sites (N-methyl/N-ethyl adjacent to an activating group) is 1. The fraction of sp³-hybridized carbons (Fsp3) is 0.545. The second-order valence-corrected chi connectivity index (χ2v) is 9.16. The summed E-state index contributed by atoms with van der Waals surface area (Å²) in [5.41, 5.74) is 1.08. The van der Waals surface area contributed by atoms with Crippen molar-refractivity contribution in [3.05, 3.63) is 46.3 Å². The third-order valence-electron chi connectivity index (χ3n) is 6.10. The molecule has 3 heterocycles. The third-order valence-corrected chi connectivity index (χ3v) is 7.05. The van der Waals surface area contributed by atoms with Crippen LogP contribution >= 0.6 is 11.3 Å².